The fourth-order valence-corrected chi connectivity index (χ4v) is 4.43. The number of nitrogens with one attached hydrogen (secondary N) is 1. The van der Waals surface area contributed by atoms with E-state index in [1.807, 2.05) is 42.9 Å². The smallest absolute Gasteiger partial charge is 0.257 e. The molecule has 2 aromatic carbocycles. The molecule has 1 unspecified atom stereocenters. The number of amides is 1. The van der Waals surface area contributed by atoms with E-state index in [-0.39, 0.29) is 11.9 Å². The first-order chi connectivity index (χ1) is 13.1. The Morgan fingerprint density at radius 2 is 1.96 bits per heavy atom. The number of aryl methyl sites for hydroxylation is 3. The summed E-state index contributed by atoms with van der Waals surface area (Å²) in [5.74, 6) is 0.705. The van der Waals surface area contributed by atoms with E-state index < -0.39 is 0 Å². The maximum Gasteiger partial charge on any atom is 0.257 e. The standard InChI is InChI=1S/C22H22IN3O/c1-14-7-5-11-18(20(14)23)22(27)25-21-15(2)13-24-26(21)19-12-6-9-16-8-3-4-10-17(16)19/h3-5,7-8,10-11,13,19H,6,9,12H2,1-2H3,(H,25,27). The highest BCUT2D eigenvalue weighted by atomic mass is 127. The fraction of sp³-hybridized carbons (Fsp3) is 0.273. The molecule has 0 saturated heterocycles. The van der Waals surface area contributed by atoms with Crippen LogP contribution in [0.25, 0.3) is 0 Å². The highest BCUT2D eigenvalue weighted by Crippen LogP contribution is 2.35. The first-order valence-electron chi connectivity index (χ1n) is 9.24. The van der Waals surface area contributed by atoms with Crippen molar-refractivity contribution in [2.45, 2.75) is 39.2 Å². The summed E-state index contributed by atoms with van der Waals surface area (Å²) in [7, 11) is 0. The molecular formula is C22H22IN3O. The van der Waals surface area contributed by atoms with E-state index in [1.54, 1.807) is 0 Å². The number of carbonyl (C=O) groups is 1. The molecule has 1 atom stereocenters. The molecule has 3 aromatic rings. The SMILES string of the molecule is Cc1cccc(C(=O)Nc2c(C)cnn2C2CCCc3ccccc32)c1I. The lowest BCUT2D eigenvalue weighted by atomic mass is 9.88. The Hall–Kier alpha value is -2.15. The third-order valence-corrected chi connectivity index (χ3v) is 6.71. The Kier molecular flexibility index (Phi) is 5.04. The van der Waals surface area contributed by atoms with Crippen LogP contribution in [0.2, 0.25) is 0 Å². The van der Waals surface area contributed by atoms with Crippen molar-refractivity contribution in [1.29, 1.82) is 0 Å². The van der Waals surface area contributed by atoms with Crippen LogP contribution in [-0.2, 0) is 6.42 Å². The number of rotatable bonds is 3. The van der Waals surface area contributed by atoms with Gasteiger partial charge in [0.1, 0.15) is 5.82 Å². The Balaban J connectivity index is 1.69. The summed E-state index contributed by atoms with van der Waals surface area (Å²) in [6.45, 7) is 4.02. The molecule has 1 N–H and O–H groups in total. The molecule has 4 nitrogen and oxygen atoms in total. The topological polar surface area (TPSA) is 46.9 Å². The van der Waals surface area contributed by atoms with Crippen molar-refractivity contribution in [2.75, 3.05) is 5.32 Å². The van der Waals surface area contributed by atoms with Gasteiger partial charge in [-0.1, -0.05) is 36.4 Å². The van der Waals surface area contributed by atoms with Crippen molar-refractivity contribution in [1.82, 2.24) is 9.78 Å². The second-order valence-corrected chi connectivity index (χ2v) is 8.20. The lowest BCUT2D eigenvalue weighted by molar-refractivity contribution is 0.102. The number of nitrogens with zero attached hydrogens (tertiary/aromatic N) is 2. The number of aromatic nitrogens is 2. The van der Waals surface area contributed by atoms with Gasteiger partial charge in [0.2, 0.25) is 0 Å². The molecule has 1 aromatic heterocycles. The molecule has 0 spiro atoms. The van der Waals surface area contributed by atoms with E-state index in [0.717, 1.165) is 39.8 Å². The van der Waals surface area contributed by atoms with Gasteiger partial charge in [-0.25, -0.2) is 4.68 Å². The number of hydrogen-bond acceptors (Lipinski definition) is 2. The van der Waals surface area contributed by atoms with E-state index in [9.17, 15) is 4.79 Å². The number of fused-ring (bicyclic) bond motifs is 1. The van der Waals surface area contributed by atoms with E-state index in [4.69, 9.17) is 0 Å². The minimum atomic E-state index is -0.0861. The molecule has 1 aliphatic rings. The lowest BCUT2D eigenvalue weighted by Crippen LogP contribution is -2.23. The summed E-state index contributed by atoms with van der Waals surface area (Å²) in [6, 6.07) is 14.5. The highest BCUT2D eigenvalue weighted by molar-refractivity contribution is 14.1. The van der Waals surface area contributed by atoms with Gasteiger partial charge >= 0.3 is 0 Å². The van der Waals surface area contributed by atoms with Gasteiger partial charge in [-0.3, -0.25) is 4.79 Å². The number of anilines is 1. The zero-order valence-corrected chi connectivity index (χ0v) is 17.7. The Morgan fingerprint density at radius 3 is 2.81 bits per heavy atom. The molecule has 0 radical (unpaired) electrons. The van der Waals surface area contributed by atoms with Crippen molar-refractivity contribution >= 4 is 34.3 Å². The summed E-state index contributed by atoms with van der Waals surface area (Å²) >= 11 is 2.24. The van der Waals surface area contributed by atoms with Crippen molar-refractivity contribution in [3.63, 3.8) is 0 Å². The van der Waals surface area contributed by atoms with E-state index >= 15 is 0 Å². The van der Waals surface area contributed by atoms with Gasteiger partial charge in [0.05, 0.1) is 17.8 Å². The Labute approximate surface area is 173 Å². The molecule has 1 amide bonds. The number of carbonyl (C=O) groups excluding carboxylic acids is 1. The summed E-state index contributed by atoms with van der Waals surface area (Å²) < 4.78 is 2.98. The molecule has 0 bridgehead atoms. The third-order valence-electron chi connectivity index (χ3n) is 5.28. The first-order valence-corrected chi connectivity index (χ1v) is 10.3. The van der Waals surface area contributed by atoms with Crippen LogP contribution in [0.3, 0.4) is 0 Å². The van der Waals surface area contributed by atoms with E-state index in [1.165, 1.54) is 11.1 Å². The molecule has 1 heterocycles. The molecule has 1 aliphatic carbocycles. The van der Waals surface area contributed by atoms with Gasteiger partial charge in [-0.2, -0.15) is 5.10 Å². The third kappa shape index (κ3) is 3.40. The minimum absolute atomic E-state index is 0.0861. The summed E-state index contributed by atoms with van der Waals surface area (Å²) in [4.78, 5) is 13.0. The highest BCUT2D eigenvalue weighted by Gasteiger charge is 2.25. The first kappa shape index (κ1) is 18.2. The van der Waals surface area contributed by atoms with E-state index in [0.29, 0.717) is 5.56 Å². The van der Waals surface area contributed by atoms with Gasteiger partial charge in [-0.15, -0.1) is 0 Å². The molecule has 0 aliphatic heterocycles. The lowest BCUT2D eigenvalue weighted by Gasteiger charge is -2.27. The predicted molar refractivity (Wildman–Crippen MR) is 116 cm³/mol. The van der Waals surface area contributed by atoms with Gasteiger partial charge in [0.15, 0.2) is 0 Å². The van der Waals surface area contributed by atoms with Crippen molar-refractivity contribution in [3.8, 4) is 0 Å². The fourth-order valence-electron chi connectivity index (χ4n) is 3.82. The van der Waals surface area contributed by atoms with Crippen molar-refractivity contribution in [2.24, 2.45) is 0 Å². The molecular weight excluding hydrogens is 449 g/mol. The summed E-state index contributed by atoms with van der Waals surface area (Å²) in [5.41, 5.74) is 5.48. The number of halogens is 1. The molecule has 138 valence electrons. The largest absolute Gasteiger partial charge is 0.306 e. The van der Waals surface area contributed by atoms with Gasteiger partial charge in [-0.05, 0) is 78.5 Å². The maximum absolute atomic E-state index is 13.0. The van der Waals surface area contributed by atoms with Crippen molar-refractivity contribution in [3.05, 3.63) is 80.0 Å². The van der Waals surface area contributed by atoms with Crippen LogP contribution < -0.4 is 5.32 Å². The predicted octanol–water partition coefficient (Wildman–Crippen LogP) is 5.28. The zero-order chi connectivity index (χ0) is 19.0. The van der Waals surface area contributed by atoms with Crippen LogP contribution in [0.1, 0.15) is 51.5 Å². The minimum Gasteiger partial charge on any atom is -0.306 e. The second-order valence-electron chi connectivity index (χ2n) is 7.12. The number of benzene rings is 2. The quantitative estimate of drug-likeness (QED) is 0.529. The monoisotopic (exact) mass is 471 g/mol. The van der Waals surface area contributed by atoms with Crippen LogP contribution in [0.5, 0.6) is 0 Å². The second kappa shape index (κ2) is 7.46. The average molecular weight is 471 g/mol. The molecule has 4 rings (SSSR count). The van der Waals surface area contributed by atoms with Crippen LogP contribution in [0, 0.1) is 17.4 Å². The Bertz CT molecular complexity index is 1010. The van der Waals surface area contributed by atoms with Crippen LogP contribution in [0.4, 0.5) is 5.82 Å². The van der Waals surface area contributed by atoms with E-state index in [2.05, 4.69) is 57.3 Å². The molecule has 0 saturated carbocycles. The molecule has 5 heteroatoms. The summed E-state index contributed by atoms with van der Waals surface area (Å²) in [6.07, 6.45) is 5.11. The molecule has 0 fully saturated rings. The normalized spacial score (nSPS) is 16.0. The Morgan fingerprint density at radius 1 is 1.15 bits per heavy atom. The average Bonchev–Trinajstić information content (AvgIpc) is 3.03. The van der Waals surface area contributed by atoms with Gasteiger partial charge in [0, 0.05) is 9.13 Å². The van der Waals surface area contributed by atoms with Gasteiger partial charge in [0.25, 0.3) is 5.91 Å². The molecule has 27 heavy (non-hydrogen) atoms. The van der Waals surface area contributed by atoms with Crippen LogP contribution in [0.15, 0.2) is 48.7 Å². The zero-order valence-electron chi connectivity index (χ0n) is 15.5. The van der Waals surface area contributed by atoms with Gasteiger partial charge < -0.3 is 5.32 Å². The summed E-state index contributed by atoms with van der Waals surface area (Å²) in [5, 5.41) is 7.75. The van der Waals surface area contributed by atoms with Crippen LogP contribution in [-0.4, -0.2) is 15.7 Å². The maximum atomic E-state index is 13.0. The number of hydrogen-bond donors (Lipinski definition) is 1. The van der Waals surface area contributed by atoms with Crippen LogP contribution >= 0.6 is 22.6 Å². The van der Waals surface area contributed by atoms with Crippen molar-refractivity contribution < 1.29 is 4.79 Å².